The molecule has 0 aliphatic heterocycles. The van der Waals surface area contributed by atoms with Gasteiger partial charge in [-0.25, -0.2) is 0 Å². The third-order valence-corrected chi connectivity index (χ3v) is 7.66. The number of azo groups is 1. The van der Waals surface area contributed by atoms with E-state index in [9.17, 15) is 22.9 Å². The van der Waals surface area contributed by atoms with Crippen molar-refractivity contribution in [3.8, 4) is 23.3 Å². The maximum absolute atomic E-state index is 12.3. The number of methoxy groups -OCH3 is 1. The number of phenolic OH excluding ortho intramolecular Hbond substituents is 1. The molecule has 16 nitrogen and oxygen atoms in total. The van der Waals surface area contributed by atoms with Crippen molar-refractivity contribution in [2.75, 3.05) is 43.3 Å². The van der Waals surface area contributed by atoms with Gasteiger partial charge in [0, 0.05) is 36.9 Å². The Morgan fingerprint density at radius 1 is 0.917 bits per heavy atom. The SMILES string of the molecule is CCOc1nc(Nc2ccc(N(C)C)cc2)nc(Nc2ccc(S(=O)(=O)O)c3ccc(N=Nc4cc(OC=O)ccc4OC)c(O)c23)n1. The average molecular weight is 675 g/mol. The summed E-state index contributed by atoms with van der Waals surface area (Å²) in [6, 6.07) is 17.1. The molecule has 248 valence electrons. The fourth-order valence-corrected chi connectivity index (χ4v) is 5.23. The van der Waals surface area contributed by atoms with E-state index in [1.165, 1.54) is 49.6 Å². The third-order valence-electron chi connectivity index (χ3n) is 6.75. The number of hydrogen-bond acceptors (Lipinski definition) is 15. The van der Waals surface area contributed by atoms with Crippen LogP contribution in [0.25, 0.3) is 10.8 Å². The lowest BCUT2D eigenvalue weighted by Gasteiger charge is -2.15. The van der Waals surface area contributed by atoms with Gasteiger partial charge in [-0.2, -0.15) is 23.4 Å². The highest BCUT2D eigenvalue weighted by molar-refractivity contribution is 7.86. The highest BCUT2D eigenvalue weighted by atomic mass is 32.2. The Labute approximate surface area is 274 Å². The first-order valence-corrected chi connectivity index (χ1v) is 15.6. The Morgan fingerprint density at radius 2 is 1.62 bits per heavy atom. The monoisotopic (exact) mass is 674 g/mol. The third kappa shape index (κ3) is 7.48. The highest BCUT2D eigenvalue weighted by Gasteiger charge is 2.21. The van der Waals surface area contributed by atoms with Gasteiger partial charge in [0.2, 0.25) is 11.9 Å². The second-order valence-electron chi connectivity index (χ2n) is 10.1. The summed E-state index contributed by atoms with van der Waals surface area (Å²) in [5.74, 6) is 0.119. The summed E-state index contributed by atoms with van der Waals surface area (Å²) >= 11 is 0. The van der Waals surface area contributed by atoms with E-state index in [1.54, 1.807) is 6.92 Å². The summed E-state index contributed by atoms with van der Waals surface area (Å²) in [6.07, 6.45) is 0. The Morgan fingerprint density at radius 3 is 2.27 bits per heavy atom. The number of hydrogen-bond donors (Lipinski definition) is 4. The molecule has 4 aromatic carbocycles. The zero-order valence-electron chi connectivity index (χ0n) is 26.1. The summed E-state index contributed by atoms with van der Waals surface area (Å²) in [5.41, 5.74) is 1.94. The number of benzene rings is 4. The van der Waals surface area contributed by atoms with E-state index in [0.29, 0.717) is 11.4 Å². The maximum Gasteiger partial charge on any atom is 0.323 e. The number of ether oxygens (including phenoxy) is 3. The van der Waals surface area contributed by atoms with Gasteiger partial charge in [0.15, 0.2) is 5.75 Å². The molecule has 0 saturated heterocycles. The van der Waals surface area contributed by atoms with Crippen molar-refractivity contribution in [1.82, 2.24) is 15.0 Å². The number of anilines is 5. The first-order valence-electron chi connectivity index (χ1n) is 14.2. The molecule has 0 saturated carbocycles. The lowest BCUT2D eigenvalue weighted by molar-refractivity contribution is -0.120. The van der Waals surface area contributed by atoms with Crippen molar-refractivity contribution < 1.29 is 37.1 Å². The summed E-state index contributed by atoms with van der Waals surface area (Å²) in [4.78, 5) is 25.3. The van der Waals surface area contributed by atoms with Crippen LogP contribution in [0.2, 0.25) is 0 Å². The minimum absolute atomic E-state index is 0.00489. The molecular weight excluding hydrogens is 644 g/mol. The number of aromatic hydroxyl groups is 1. The molecule has 0 aliphatic carbocycles. The molecule has 48 heavy (non-hydrogen) atoms. The largest absolute Gasteiger partial charge is 0.505 e. The minimum atomic E-state index is -4.71. The van der Waals surface area contributed by atoms with Gasteiger partial charge in [-0.3, -0.25) is 9.35 Å². The molecule has 0 aliphatic rings. The van der Waals surface area contributed by atoms with Crippen molar-refractivity contribution in [3.05, 3.63) is 66.7 Å². The van der Waals surface area contributed by atoms with E-state index >= 15 is 0 Å². The predicted molar refractivity (Wildman–Crippen MR) is 178 cm³/mol. The Hall–Kier alpha value is -6.07. The molecule has 0 radical (unpaired) electrons. The van der Waals surface area contributed by atoms with Crippen molar-refractivity contribution >= 4 is 67.7 Å². The maximum atomic E-state index is 12.3. The van der Waals surface area contributed by atoms with Crippen LogP contribution in [0.3, 0.4) is 0 Å². The first-order chi connectivity index (χ1) is 23.0. The van der Waals surface area contributed by atoms with Crippen molar-refractivity contribution in [2.24, 2.45) is 10.2 Å². The molecule has 17 heteroatoms. The van der Waals surface area contributed by atoms with Crippen LogP contribution in [0.1, 0.15) is 6.92 Å². The van der Waals surface area contributed by atoms with Crippen molar-refractivity contribution in [1.29, 1.82) is 0 Å². The number of aromatic nitrogens is 3. The number of fused-ring (bicyclic) bond motifs is 1. The van der Waals surface area contributed by atoms with Crippen LogP contribution in [0.5, 0.6) is 23.3 Å². The van der Waals surface area contributed by atoms with E-state index in [4.69, 9.17) is 14.2 Å². The fraction of sp³-hybridized carbons (Fsp3) is 0.161. The van der Waals surface area contributed by atoms with Crippen LogP contribution in [-0.4, -0.2) is 67.3 Å². The first kappa shape index (κ1) is 33.3. The molecule has 0 spiro atoms. The highest BCUT2D eigenvalue weighted by Crippen LogP contribution is 2.43. The van der Waals surface area contributed by atoms with Gasteiger partial charge in [0.1, 0.15) is 27.8 Å². The molecular formula is C31H30N8O8S. The summed E-state index contributed by atoms with van der Waals surface area (Å²) in [7, 11) is 0.559. The molecule has 0 bridgehead atoms. The minimum Gasteiger partial charge on any atom is -0.505 e. The molecule has 0 atom stereocenters. The number of rotatable bonds is 13. The standard InChI is InChI=1S/C31H30N8O8S/c1-5-46-31-35-29(32-18-6-8-19(9-7-18)39(2)3)34-30(36-31)33-22-13-15-26(48(42,43)44)21-11-12-23(28(41)27(21)22)37-38-24-16-20(47-17-40)10-14-25(24)45-4/h6-17,41H,5H2,1-4H3,(H,42,43,44)(H2,32,33,34,35,36). The predicted octanol–water partition coefficient (Wildman–Crippen LogP) is 5.89. The normalized spacial score (nSPS) is 11.4. The fourth-order valence-electron chi connectivity index (χ4n) is 4.54. The molecule has 1 aromatic heterocycles. The summed E-state index contributed by atoms with van der Waals surface area (Å²) < 4.78 is 50.2. The second-order valence-corrected chi connectivity index (χ2v) is 11.5. The number of carbonyl (C=O) groups excluding carboxylic acids is 1. The van der Waals surface area contributed by atoms with Crippen LogP contribution >= 0.6 is 0 Å². The Kier molecular flexibility index (Phi) is 9.81. The van der Waals surface area contributed by atoms with E-state index in [2.05, 4.69) is 35.8 Å². The van der Waals surface area contributed by atoms with Crippen molar-refractivity contribution in [2.45, 2.75) is 11.8 Å². The van der Waals surface area contributed by atoms with Crippen molar-refractivity contribution in [3.63, 3.8) is 0 Å². The Balaban J connectivity index is 1.58. The van der Waals surface area contributed by atoms with Crippen LogP contribution < -0.4 is 29.7 Å². The van der Waals surface area contributed by atoms with Gasteiger partial charge in [0.25, 0.3) is 16.6 Å². The van der Waals surface area contributed by atoms with E-state index < -0.39 is 20.8 Å². The molecule has 0 amide bonds. The smallest absolute Gasteiger partial charge is 0.323 e. The van der Waals surface area contributed by atoms with Crippen LogP contribution in [-0.2, 0) is 14.9 Å². The van der Waals surface area contributed by atoms with Crippen LogP contribution in [0.15, 0.2) is 81.9 Å². The summed E-state index contributed by atoms with van der Waals surface area (Å²) in [5, 5.41) is 25.7. The zero-order chi connectivity index (χ0) is 34.4. The van der Waals surface area contributed by atoms with Gasteiger partial charge in [0.05, 0.1) is 24.8 Å². The zero-order valence-corrected chi connectivity index (χ0v) is 26.9. The van der Waals surface area contributed by atoms with Gasteiger partial charge < -0.3 is 34.9 Å². The molecule has 4 N–H and O–H groups in total. The second kappa shape index (κ2) is 14.1. The topological polar surface area (TPSA) is 210 Å². The quantitative estimate of drug-likeness (QED) is 0.0652. The van der Waals surface area contributed by atoms with Crippen LogP contribution in [0, 0.1) is 0 Å². The molecule has 0 unspecified atom stereocenters. The van der Waals surface area contributed by atoms with E-state index in [-0.39, 0.29) is 64.6 Å². The van der Waals surface area contributed by atoms with Gasteiger partial charge in [-0.05, 0) is 61.5 Å². The van der Waals surface area contributed by atoms with E-state index in [1.807, 2.05) is 43.3 Å². The number of nitrogens with one attached hydrogen (secondary N) is 2. The molecule has 0 fully saturated rings. The molecule has 5 rings (SSSR count). The number of nitrogens with zero attached hydrogens (tertiary/aromatic N) is 6. The summed E-state index contributed by atoms with van der Waals surface area (Å²) in [6.45, 7) is 2.28. The number of carbonyl (C=O) groups is 1. The number of phenols is 1. The Bertz CT molecular complexity index is 2110. The van der Waals surface area contributed by atoms with Gasteiger partial charge in [-0.1, -0.05) is 6.07 Å². The lowest BCUT2D eigenvalue weighted by Crippen LogP contribution is -2.09. The average Bonchev–Trinajstić information content (AvgIpc) is 3.04. The lowest BCUT2D eigenvalue weighted by atomic mass is 10.1. The van der Waals surface area contributed by atoms with Crippen LogP contribution in [0.4, 0.5) is 40.3 Å². The molecule has 5 aromatic rings. The molecule has 1 heterocycles. The van der Waals surface area contributed by atoms with Gasteiger partial charge >= 0.3 is 6.01 Å². The van der Waals surface area contributed by atoms with Gasteiger partial charge in [-0.15, -0.1) is 10.2 Å². The van der Waals surface area contributed by atoms with E-state index in [0.717, 1.165) is 5.69 Å².